The van der Waals surface area contributed by atoms with Gasteiger partial charge in [-0.25, -0.2) is 4.79 Å². The number of aromatic nitrogens is 2. The van der Waals surface area contributed by atoms with Crippen LogP contribution in [0.3, 0.4) is 0 Å². The van der Waals surface area contributed by atoms with Gasteiger partial charge >= 0.3 is 12.1 Å². The Labute approximate surface area is 210 Å². The van der Waals surface area contributed by atoms with Gasteiger partial charge in [-0.15, -0.1) is 11.3 Å². The van der Waals surface area contributed by atoms with Gasteiger partial charge in [-0.2, -0.15) is 18.3 Å². The second-order valence-corrected chi connectivity index (χ2v) is 9.84. The quantitative estimate of drug-likeness (QED) is 0.217. The number of alkyl halides is 3. The van der Waals surface area contributed by atoms with Gasteiger partial charge in [0, 0.05) is 36.0 Å². The molecule has 0 spiro atoms. The third-order valence-electron chi connectivity index (χ3n) is 5.57. The molecule has 0 aliphatic heterocycles. The fourth-order valence-corrected chi connectivity index (χ4v) is 5.07. The molecule has 0 atom stereocenters. The fraction of sp³-hybridized carbons (Fsp3) is 0.375. The number of hydrogen-bond acceptors (Lipinski definition) is 5. The van der Waals surface area contributed by atoms with E-state index in [2.05, 4.69) is 15.7 Å². The van der Waals surface area contributed by atoms with Gasteiger partial charge in [-0.05, 0) is 49.2 Å². The van der Waals surface area contributed by atoms with Gasteiger partial charge in [0.2, 0.25) is 0 Å². The molecule has 35 heavy (non-hydrogen) atoms. The number of anilines is 1. The normalized spacial score (nSPS) is 13.5. The van der Waals surface area contributed by atoms with Gasteiger partial charge in [-0.1, -0.05) is 30.3 Å². The second-order valence-electron chi connectivity index (χ2n) is 8.29. The number of rotatable bonds is 9. The maximum Gasteiger partial charge on any atom is 0.435 e. The van der Waals surface area contributed by atoms with Crippen LogP contribution in [0.15, 0.2) is 42.5 Å². The number of carbonyl (C=O) groups is 1. The third-order valence-corrected chi connectivity index (χ3v) is 6.86. The summed E-state index contributed by atoms with van der Waals surface area (Å²) in [7, 11) is 1.33. The highest BCUT2D eigenvalue weighted by Gasteiger charge is 2.37. The summed E-state index contributed by atoms with van der Waals surface area (Å²) in [5.74, 6) is -0.299. The van der Waals surface area contributed by atoms with Gasteiger partial charge < -0.3 is 15.4 Å². The fourth-order valence-electron chi connectivity index (χ4n) is 3.72. The number of methoxy groups -OCH3 is 1. The van der Waals surface area contributed by atoms with Crippen LogP contribution in [0.2, 0.25) is 0 Å². The molecule has 1 fully saturated rings. The van der Waals surface area contributed by atoms with Crippen LogP contribution in [-0.4, -0.2) is 34.5 Å². The number of nitrogens with zero attached hydrogens (tertiary/aromatic N) is 2. The minimum absolute atomic E-state index is 0.162. The smallest absolute Gasteiger partial charge is 0.435 e. The number of thiophene rings is 1. The van der Waals surface area contributed by atoms with E-state index >= 15 is 0 Å². The van der Waals surface area contributed by atoms with Crippen molar-refractivity contribution in [3.63, 3.8) is 0 Å². The van der Waals surface area contributed by atoms with Crippen molar-refractivity contribution in [3.05, 3.63) is 69.9 Å². The molecule has 3 aromatic rings. The Morgan fingerprint density at radius 3 is 2.66 bits per heavy atom. The standard InChI is InChI=1S/C24H25F3N4O2S2/c1-33-22(32)18-13-17(12-15-6-3-2-4-7-15)35-21(18)29-23(34)28-10-5-11-31-19(16-8-9-16)14-20(30-31)24(25,26)27/h2-4,6-7,13-14,16H,5,8-12H2,1H3,(H2,28,29,34). The van der Waals surface area contributed by atoms with Crippen molar-refractivity contribution in [2.45, 2.75) is 44.3 Å². The lowest BCUT2D eigenvalue weighted by molar-refractivity contribution is -0.141. The summed E-state index contributed by atoms with van der Waals surface area (Å²) in [6, 6.07) is 12.9. The number of ether oxygens (including phenoxy) is 1. The Morgan fingerprint density at radius 1 is 1.26 bits per heavy atom. The average Bonchev–Trinajstić information content (AvgIpc) is 3.45. The Kier molecular flexibility index (Phi) is 7.75. The van der Waals surface area contributed by atoms with Crippen LogP contribution in [-0.2, 0) is 23.9 Å². The molecule has 1 saturated carbocycles. The first kappa shape index (κ1) is 25.2. The van der Waals surface area contributed by atoms with Crippen LogP contribution < -0.4 is 10.6 Å². The summed E-state index contributed by atoms with van der Waals surface area (Å²) in [5.41, 5.74) is 1.32. The molecule has 0 amide bonds. The molecule has 4 rings (SSSR count). The second kappa shape index (κ2) is 10.8. The highest BCUT2D eigenvalue weighted by atomic mass is 32.1. The summed E-state index contributed by atoms with van der Waals surface area (Å²) >= 11 is 6.80. The van der Waals surface area contributed by atoms with Crippen LogP contribution in [0.5, 0.6) is 0 Å². The molecule has 11 heteroatoms. The van der Waals surface area contributed by atoms with Gasteiger partial charge in [0.15, 0.2) is 10.8 Å². The van der Waals surface area contributed by atoms with Crippen LogP contribution >= 0.6 is 23.6 Å². The molecule has 186 valence electrons. The Balaban J connectivity index is 1.33. The first-order valence-corrected chi connectivity index (χ1v) is 12.4. The molecule has 0 bridgehead atoms. The predicted octanol–water partition coefficient (Wildman–Crippen LogP) is 5.59. The first-order chi connectivity index (χ1) is 16.7. The molecular weight excluding hydrogens is 497 g/mol. The van der Waals surface area contributed by atoms with E-state index in [4.69, 9.17) is 17.0 Å². The van der Waals surface area contributed by atoms with Crippen molar-refractivity contribution in [2.75, 3.05) is 19.0 Å². The number of thiocarbonyl (C=S) groups is 1. The van der Waals surface area contributed by atoms with Crippen molar-refractivity contribution >= 4 is 39.6 Å². The summed E-state index contributed by atoms with van der Waals surface area (Å²) in [4.78, 5) is 13.2. The maximum atomic E-state index is 13.1. The molecule has 6 nitrogen and oxygen atoms in total. The van der Waals surface area contributed by atoms with E-state index in [1.165, 1.54) is 23.1 Å². The monoisotopic (exact) mass is 522 g/mol. The summed E-state index contributed by atoms with van der Waals surface area (Å²) in [5, 5.41) is 10.8. The summed E-state index contributed by atoms with van der Waals surface area (Å²) < 4.78 is 45.5. The minimum Gasteiger partial charge on any atom is -0.465 e. The number of hydrogen-bond donors (Lipinski definition) is 2. The molecular formula is C24H25F3N4O2S2. The topological polar surface area (TPSA) is 68.2 Å². The number of halogens is 3. The van der Waals surface area contributed by atoms with E-state index in [0.717, 1.165) is 29.3 Å². The van der Waals surface area contributed by atoms with Gasteiger partial charge in [0.05, 0.1) is 12.7 Å². The van der Waals surface area contributed by atoms with Crippen molar-refractivity contribution in [1.82, 2.24) is 15.1 Å². The minimum atomic E-state index is -4.45. The summed E-state index contributed by atoms with van der Waals surface area (Å²) in [6.07, 6.45) is -1.45. The summed E-state index contributed by atoms with van der Waals surface area (Å²) in [6.45, 7) is 0.790. The molecule has 0 unspecified atom stereocenters. The maximum absolute atomic E-state index is 13.1. The van der Waals surface area contributed by atoms with Crippen molar-refractivity contribution in [3.8, 4) is 0 Å². The lowest BCUT2D eigenvalue weighted by atomic mass is 10.1. The van der Waals surface area contributed by atoms with Gasteiger partial charge in [0.1, 0.15) is 5.00 Å². The molecule has 0 radical (unpaired) electrons. The first-order valence-electron chi connectivity index (χ1n) is 11.2. The molecule has 2 heterocycles. The molecule has 1 aromatic carbocycles. The molecule has 2 N–H and O–H groups in total. The zero-order valence-corrected chi connectivity index (χ0v) is 20.7. The van der Waals surface area contributed by atoms with Crippen molar-refractivity contribution in [1.29, 1.82) is 0 Å². The Morgan fingerprint density at radius 2 is 2.00 bits per heavy atom. The molecule has 2 aromatic heterocycles. The van der Waals surface area contributed by atoms with E-state index in [1.54, 1.807) is 6.07 Å². The average molecular weight is 523 g/mol. The van der Waals surface area contributed by atoms with Crippen LogP contribution in [0.4, 0.5) is 18.2 Å². The van der Waals surface area contributed by atoms with E-state index in [1.807, 2.05) is 30.3 Å². The number of nitrogens with one attached hydrogen (secondary N) is 2. The highest BCUT2D eigenvalue weighted by molar-refractivity contribution is 7.80. The van der Waals surface area contributed by atoms with Crippen molar-refractivity contribution < 1.29 is 22.7 Å². The zero-order chi connectivity index (χ0) is 25.0. The molecule has 1 aliphatic carbocycles. The van der Waals surface area contributed by atoms with E-state index < -0.39 is 17.8 Å². The van der Waals surface area contributed by atoms with Crippen LogP contribution in [0.1, 0.15) is 57.4 Å². The van der Waals surface area contributed by atoms with Crippen LogP contribution in [0, 0.1) is 0 Å². The molecule has 1 aliphatic rings. The number of carbonyl (C=O) groups excluding carboxylic acids is 1. The van der Waals surface area contributed by atoms with E-state index in [0.29, 0.717) is 47.3 Å². The number of benzene rings is 1. The van der Waals surface area contributed by atoms with E-state index in [9.17, 15) is 18.0 Å². The van der Waals surface area contributed by atoms with Gasteiger partial charge in [-0.3, -0.25) is 4.68 Å². The molecule has 0 saturated heterocycles. The largest absolute Gasteiger partial charge is 0.465 e. The lowest BCUT2D eigenvalue weighted by Crippen LogP contribution is -2.30. The Hall–Kier alpha value is -2.92. The predicted molar refractivity (Wildman–Crippen MR) is 133 cm³/mol. The van der Waals surface area contributed by atoms with Crippen LogP contribution in [0.25, 0.3) is 0 Å². The van der Waals surface area contributed by atoms with Gasteiger partial charge in [0.25, 0.3) is 0 Å². The zero-order valence-electron chi connectivity index (χ0n) is 19.0. The third kappa shape index (κ3) is 6.61. The number of esters is 1. The lowest BCUT2D eigenvalue weighted by Gasteiger charge is -2.11. The SMILES string of the molecule is COC(=O)c1cc(Cc2ccccc2)sc1NC(=S)NCCCn1nc(C(F)(F)F)cc1C1CC1. The van der Waals surface area contributed by atoms with E-state index in [-0.39, 0.29) is 5.92 Å². The van der Waals surface area contributed by atoms with Crippen molar-refractivity contribution in [2.24, 2.45) is 0 Å². The Bertz CT molecular complexity index is 1190. The highest BCUT2D eigenvalue weighted by Crippen LogP contribution is 2.42. The number of aryl methyl sites for hydroxylation is 1.